The van der Waals surface area contributed by atoms with Gasteiger partial charge in [-0.1, -0.05) is 6.92 Å². The molecule has 74 valence electrons. The third-order valence-electron chi connectivity index (χ3n) is 2.06. The molecule has 1 N–H and O–H groups in total. The zero-order chi connectivity index (χ0) is 9.84. The SMILES string of the molecule is CC[C@H](O)[C@@H]1CC(OC)=CC(=O)O1. The number of ether oxygens (including phenoxy) is 2. The number of hydrogen-bond donors (Lipinski definition) is 1. The highest BCUT2D eigenvalue weighted by molar-refractivity contribution is 5.83. The number of carbonyl (C=O) groups excluding carboxylic acids is 1. The fourth-order valence-electron chi connectivity index (χ4n) is 1.23. The Kier molecular flexibility index (Phi) is 3.31. The molecule has 1 aliphatic rings. The van der Waals surface area contributed by atoms with E-state index in [4.69, 9.17) is 9.47 Å². The van der Waals surface area contributed by atoms with Crippen molar-refractivity contribution in [3.8, 4) is 0 Å². The van der Waals surface area contributed by atoms with Crippen LogP contribution in [-0.2, 0) is 14.3 Å². The molecule has 0 fully saturated rings. The fraction of sp³-hybridized carbons (Fsp3) is 0.667. The molecule has 4 heteroatoms. The van der Waals surface area contributed by atoms with E-state index >= 15 is 0 Å². The summed E-state index contributed by atoms with van der Waals surface area (Å²) in [6.45, 7) is 1.84. The minimum atomic E-state index is -0.609. The van der Waals surface area contributed by atoms with Crippen molar-refractivity contribution in [1.82, 2.24) is 0 Å². The molecular weight excluding hydrogens is 172 g/mol. The van der Waals surface area contributed by atoms with Crippen LogP contribution < -0.4 is 0 Å². The maximum absolute atomic E-state index is 11.0. The first kappa shape index (κ1) is 10.1. The second-order valence-electron chi connectivity index (χ2n) is 2.97. The monoisotopic (exact) mass is 186 g/mol. The zero-order valence-electron chi connectivity index (χ0n) is 7.82. The van der Waals surface area contributed by atoms with E-state index < -0.39 is 18.2 Å². The summed E-state index contributed by atoms with van der Waals surface area (Å²) in [6, 6.07) is 0. The van der Waals surface area contributed by atoms with Crippen molar-refractivity contribution in [2.45, 2.75) is 32.0 Å². The number of cyclic esters (lactones) is 1. The summed E-state index contributed by atoms with van der Waals surface area (Å²) in [5.41, 5.74) is 0. The highest BCUT2D eigenvalue weighted by Crippen LogP contribution is 2.19. The number of hydrogen-bond acceptors (Lipinski definition) is 4. The van der Waals surface area contributed by atoms with Gasteiger partial charge in [0, 0.05) is 6.42 Å². The minimum absolute atomic E-state index is 0.444. The quantitative estimate of drug-likeness (QED) is 0.656. The van der Waals surface area contributed by atoms with Gasteiger partial charge in [-0.15, -0.1) is 0 Å². The molecule has 0 aromatic rings. The van der Waals surface area contributed by atoms with Gasteiger partial charge >= 0.3 is 5.97 Å². The Morgan fingerprint density at radius 1 is 1.85 bits per heavy atom. The molecule has 0 aromatic heterocycles. The van der Waals surface area contributed by atoms with Crippen LogP contribution in [0.4, 0.5) is 0 Å². The lowest BCUT2D eigenvalue weighted by atomic mass is 10.1. The van der Waals surface area contributed by atoms with E-state index in [-0.39, 0.29) is 0 Å². The fourth-order valence-corrected chi connectivity index (χ4v) is 1.23. The second kappa shape index (κ2) is 4.28. The Morgan fingerprint density at radius 2 is 2.54 bits per heavy atom. The van der Waals surface area contributed by atoms with Gasteiger partial charge in [-0.05, 0) is 6.42 Å². The van der Waals surface area contributed by atoms with E-state index in [1.165, 1.54) is 13.2 Å². The summed E-state index contributed by atoms with van der Waals surface area (Å²) in [6.07, 6.45) is 1.26. The Balaban J connectivity index is 2.63. The Morgan fingerprint density at radius 3 is 3.08 bits per heavy atom. The Labute approximate surface area is 77.1 Å². The predicted octanol–water partition coefficient (Wildman–Crippen LogP) is 0.603. The highest BCUT2D eigenvalue weighted by atomic mass is 16.6. The minimum Gasteiger partial charge on any atom is -0.501 e. The molecule has 4 nitrogen and oxygen atoms in total. The topological polar surface area (TPSA) is 55.8 Å². The third-order valence-corrected chi connectivity index (χ3v) is 2.06. The van der Waals surface area contributed by atoms with E-state index in [0.717, 1.165) is 0 Å². The molecule has 0 radical (unpaired) electrons. The molecule has 0 spiro atoms. The average Bonchev–Trinajstić information content (AvgIpc) is 2.15. The molecule has 0 amide bonds. The van der Waals surface area contributed by atoms with Gasteiger partial charge in [0.15, 0.2) is 0 Å². The van der Waals surface area contributed by atoms with Crippen LogP contribution in [0.25, 0.3) is 0 Å². The third kappa shape index (κ3) is 2.45. The van der Waals surface area contributed by atoms with Crippen LogP contribution in [0.5, 0.6) is 0 Å². The van der Waals surface area contributed by atoms with Gasteiger partial charge in [-0.2, -0.15) is 0 Å². The molecule has 0 saturated heterocycles. The highest BCUT2D eigenvalue weighted by Gasteiger charge is 2.27. The second-order valence-corrected chi connectivity index (χ2v) is 2.97. The first-order valence-electron chi connectivity index (χ1n) is 4.30. The van der Waals surface area contributed by atoms with Crippen LogP contribution in [0.3, 0.4) is 0 Å². The number of rotatable bonds is 3. The van der Waals surface area contributed by atoms with Crippen LogP contribution in [0.15, 0.2) is 11.8 Å². The van der Waals surface area contributed by atoms with Gasteiger partial charge in [0.05, 0.1) is 19.3 Å². The van der Waals surface area contributed by atoms with Gasteiger partial charge in [0.25, 0.3) is 0 Å². The van der Waals surface area contributed by atoms with Gasteiger partial charge in [-0.25, -0.2) is 4.79 Å². The maximum atomic E-state index is 11.0. The summed E-state index contributed by atoms with van der Waals surface area (Å²) < 4.78 is 9.86. The summed E-state index contributed by atoms with van der Waals surface area (Å²) in [4.78, 5) is 11.0. The summed E-state index contributed by atoms with van der Waals surface area (Å²) in [7, 11) is 1.50. The van der Waals surface area contributed by atoms with Crippen LogP contribution in [-0.4, -0.2) is 30.4 Å². The number of aliphatic hydroxyl groups is 1. The lowest BCUT2D eigenvalue weighted by molar-refractivity contribution is -0.151. The average molecular weight is 186 g/mol. The van der Waals surface area contributed by atoms with Gasteiger partial charge in [0.1, 0.15) is 11.9 Å². The molecule has 1 heterocycles. The molecule has 0 unspecified atom stereocenters. The van der Waals surface area contributed by atoms with E-state index in [2.05, 4.69) is 0 Å². The molecular formula is C9H14O4. The molecule has 2 atom stereocenters. The molecule has 0 aromatic carbocycles. The van der Waals surface area contributed by atoms with Crippen molar-refractivity contribution in [1.29, 1.82) is 0 Å². The van der Waals surface area contributed by atoms with Crippen molar-refractivity contribution in [2.75, 3.05) is 7.11 Å². The molecule has 0 bridgehead atoms. The first-order valence-corrected chi connectivity index (χ1v) is 4.30. The standard InChI is InChI=1S/C9H14O4/c1-3-7(10)8-4-6(12-2)5-9(11)13-8/h5,7-8,10H,3-4H2,1-2H3/t7-,8-/m0/s1. The summed E-state index contributed by atoms with van der Waals surface area (Å²) >= 11 is 0. The normalized spacial score (nSPS) is 24.7. The lowest BCUT2D eigenvalue weighted by Crippen LogP contribution is -2.33. The van der Waals surface area contributed by atoms with Crippen molar-refractivity contribution < 1.29 is 19.4 Å². The molecule has 1 aliphatic heterocycles. The number of methoxy groups -OCH3 is 1. The predicted molar refractivity (Wildman–Crippen MR) is 45.9 cm³/mol. The van der Waals surface area contributed by atoms with Crippen molar-refractivity contribution in [2.24, 2.45) is 0 Å². The van der Waals surface area contributed by atoms with E-state index in [9.17, 15) is 9.90 Å². The first-order chi connectivity index (χ1) is 6.17. The number of carbonyl (C=O) groups is 1. The summed E-state index contributed by atoms with van der Waals surface area (Å²) in [5, 5.41) is 9.45. The molecule has 1 rings (SSSR count). The number of esters is 1. The van der Waals surface area contributed by atoms with Crippen LogP contribution in [0.1, 0.15) is 19.8 Å². The van der Waals surface area contributed by atoms with Crippen LogP contribution in [0.2, 0.25) is 0 Å². The lowest BCUT2D eigenvalue weighted by Gasteiger charge is -2.25. The molecule has 13 heavy (non-hydrogen) atoms. The largest absolute Gasteiger partial charge is 0.501 e. The summed E-state index contributed by atoms with van der Waals surface area (Å²) in [5.74, 6) is 0.120. The molecule has 0 saturated carbocycles. The van der Waals surface area contributed by atoms with Gasteiger partial charge in [-0.3, -0.25) is 0 Å². The Bertz CT molecular complexity index is 222. The zero-order valence-corrected chi connectivity index (χ0v) is 7.82. The number of aliphatic hydroxyl groups excluding tert-OH is 1. The van der Waals surface area contributed by atoms with Gasteiger partial charge in [0.2, 0.25) is 0 Å². The van der Waals surface area contributed by atoms with Gasteiger partial charge < -0.3 is 14.6 Å². The smallest absolute Gasteiger partial charge is 0.334 e. The van der Waals surface area contributed by atoms with E-state index in [1.807, 2.05) is 6.92 Å². The van der Waals surface area contributed by atoms with Crippen LogP contribution in [0, 0.1) is 0 Å². The van der Waals surface area contributed by atoms with Crippen molar-refractivity contribution in [3.05, 3.63) is 11.8 Å². The maximum Gasteiger partial charge on any atom is 0.334 e. The van der Waals surface area contributed by atoms with Crippen molar-refractivity contribution in [3.63, 3.8) is 0 Å². The van der Waals surface area contributed by atoms with Crippen LogP contribution >= 0.6 is 0 Å². The van der Waals surface area contributed by atoms with E-state index in [0.29, 0.717) is 18.6 Å². The molecule has 0 aliphatic carbocycles. The van der Waals surface area contributed by atoms with Crippen molar-refractivity contribution >= 4 is 5.97 Å². The van der Waals surface area contributed by atoms with E-state index in [1.54, 1.807) is 0 Å². The Hall–Kier alpha value is -1.03.